The summed E-state index contributed by atoms with van der Waals surface area (Å²) in [5.74, 6) is -1.51. The van der Waals surface area contributed by atoms with Crippen molar-refractivity contribution in [1.82, 2.24) is 5.32 Å². The van der Waals surface area contributed by atoms with Crippen molar-refractivity contribution in [3.8, 4) is 0 Å². The molecule has 11 heteroatoms. The molecular formula is C43H63LiNO8S-3. The number of nitrogens with one attached hydrogen (secondary N) is 1. The normalized spacial score (nSPS) is 13.9. The molecule has 54 heavy (non-hydrogen) atoms. The van der Waals surface area contributed by atoms with Gasteiger partial charge in [0, 0.05) is 29.9 Å². The summed E-state index contributed by atoms with van der Waals surface area (Å²) in [4.78, 5) is 40.4. The third-order valence-corrected chi connectivity index (χ3v) is 9.88. The number of carbonyl (C=O) groups is 3. The first-order valence-electron chi connectivity index (χ1n) is 19.4. The Morgan fingerprint density at radius 3 is 1.76 bits per heavy atom. The molecule has 9 nitrogen and oxygen atoms in total. The molecule has 0 aliphatic heterocycles. The van der Waals surface area contributed by atoms with Crippen molar-refractivity contribution in [2.24, 2.45) is 0 Å². The van der Waals surface area contributed by atoms with Crippen molar-refractivity contribution in [2.45, 2.75) is 134 Å². The van der Waals surface area contributed by atoms with E-state index in [-0.39, 0.29) is 31.2 Å². The van der Waals surface area contributed by atoms with Crippen molar-refractivity contribution in [1.29, 1.82) is 0 Å². The fourth-order valence-corrected chi connectivity index (χ4v) is 6.98. The zero-order valence-electron chi connectivity index (χ0n) is 33.1. The molecule has 2 aromatic carbocycles. The van der Waals surface area contributed by atoms with Gasteiger partial charge in [-0.3, -0.25) is 4.79 Å². The number of ether oxygens (including phenoxy) is 3. The first-order chi connectivity index (χ1) is 25.6. The van der Waals surface area contributed by atoms with E-state index in [2.05, 4.69) is 38.9 Å². The molecule has 0 saturated heterocycles. The molecule has 298 valence electrons. The van der Waals surface area contributed by atoms with Gasteiger partial charge in [-0.2, -0.15) is 0 Å². The van der Waals surface area contributed by atoms with Crippen LogP contribution in [0.25, 0.3) is 0 Å². The van der Waals surface area contributed by atoms with E-state index in [1.165, 1.54) is 38.5 Å². The molecule has 1 amide bonds. The fourth-order valence-electron chi connectivity index (χ4n) is 6.07. The van der Waals surface area contributed by atoms with Gasteiger partial charge in [0.15, 0.2) is 0 Å². The number of esters is 1. The molecule has 1 atom stereocenters. The average Bonchev–Trinajstić information content (AvgIpc) is 3.42. The van der Waals surface area contributed by atoms with Crippen LogP contribution >= 0.6 is 0 Å². The van der Waals surface area contributed by atoms with Gasteiger partial charge in [-0.1, -0.05) is 125 Å². The Hall–Kier alpha value is -2.80. The number of hydrogen-bond donors (Lipinski definition) is 1. The summed E-state index contributed by atoms with van der Waals surface area (Å²) in [6.07, 6.45) is 20.0. The van der Waals surface area contributed by atoms with Crippen LogP contribution in [-0.2, 0) is 39.2 Å². The molecular weight excluding hydrogens is 697 g/mol. The van der Waals surface area contributed by atoms with Crippen molar-refractivity contribution < 1.29 is 55.9 Å². The van der Waals surface area contributed by atoms with E-state index < -0.39 is 52.1 Å². The van der Waals surface area contributed by atoms with Crippen molar-refractivity contribution >= 4 is 27.9 Å². The Bertz CT molecular complexity index is 1360. The van der Waals surface area contributed by atoms with E-state index in [4.69, 9.17) is 14.2 Å². The Morgan fingerprint density at radius 1 is 0.815 bits per heavy atom. The second-order valence-electron chi connectivity index (χ2n) is 13.7. The smallest absolute Gasteiger partial charge is 0.464 e. The minimum Gasteiger partial charge on any atom is -0.464 e. The minimum absolute atomic E-state index is 0. The van der Waals surface area contributed by atoms with Gasteiger partial charge in [0.2, 0.25) is 5.91 Å². The molecule has 0 aromatic heterocycles. The number of unbranched alkanes of at least 4 members (excludes halogenated alkanes) is 10. The summed E-state index contributed by atoms with van der Waals surface area (Å²) >= 11 is 0. The van der Waals surface area contributed by atoms with Crippen LogP contribution in [0.4, 0.5) is 4.79 Å². The number of hydrogen-bond acceptors (Lipinski definition) is 8. The molecule has 0 bridgehead atoms. The summed E-state index contributed by atoms with van der Waals surface area (Å²) in [5, 5.41) is 2.72. The Labute approximate surface area is 338 Å². The largest absolute Gasteiger partial charge is 1.00 e. The van der Waals surface area contributed by atoms with Crippen LogP contribution in [0.2, 0.25) is 0 Å². The van der Waals surface area contributed by atoms with Gasteiger partial charge in [0.1, 0.15) is 16.4 Å². The fraction of sp³-hybridized carbons (Fsp3) is 0.558. The second-order valence-corrected chi connectivity index (χ2v) is 15.9. The van der Waals surface area contributed by atoms with Crippen molar-refractivity contribution in [3.05, 3.63) is 98.5 Å². The third kappa shape index (κ3) is 19.7. The van der Waals surface area contributed by atoms with Gasteiger partial charge >= 0.3 is 31.0 Å². The van der Waals surface area contributed by atoms with E-state index in [0.29, 0.717) is 30.4 Å². The molecule has 1 unspecified atom stereocenters. The van der Waals surface area contributed by atoms with E-state index in [9.17, 15) is 22.8 Å². The standard InChI is InChI=1S/C39H55NO8S.C4H8.Li/c1-3-4-5-6-7-8-9-10-11-22-29-36(41)40-34(31-49(2,44)45)30-46-38(43)48-39(32-23-16-14-17-24-32,33-25-18-15-19-26-33)37(42)47-35-27-20-12-13-21-28-35;1-3-4-2;/h14-21,23-26,34-35H,3-13,22,27-31H2,1-2H3,(H,40,41);1-4H2;/q2*-2;+1. The Morgan fingerprint density at radius 2 is 1.30 bits per heavy atom. The van der Waals surface area contributed by atoms with Gasteiger partial charge in [-0.25, -0.2) is 43.7 Å². The Balaban J connectivity index is 0.00000277. The first kappa shape index (κ1) is 49.2. The van der Waals surface area contributed by atoms with Crippen LogP contribution in [-0.4, -0.2) is 57.2 Å². The molecule has 1 N–H and O–H groups in total. The summed E-state index contributed by atoms with van der Waals surface area (Å²) in [7, 11) is -3.54. The monoisotopic (exact) mass is 760 g/mol. The van der Waals surface area contributed by atoms with E-state index in [1.807, 2.05) is 0 Å². The summed E-state index contributed by atoms with van der Waals surface area (Å²) in [6.45, 7) is 8.83. The maximum absolute atomic E-state index is 14.2. The van der Waals surface area contributed by atoms with Gasteiger partial charge < -0.3 is 46.2 Å². The van der Waals surface area contributed by atoms with E-state index in [0.717, 1.165) is 51.2 Å². The van der Waals surface area contributed by atoms with Crippen molar-refractivity contribution in [3.63, 3.8) is 0 Å². The zero-order chi connectivity index (χ0) is 38.8. The van der Waals surface area contributed by atoms with Gasteiger partial charge in [-0.05, 0) is 6.42 Å². The molecule has 3 rings (SSSR count). The first-order valence-corrected chi connectivity index (χ1v) is 21.5. The summed E-state index contributed by atoms with van der Waals surface area (Å²) < 4.78 is 41.9. The van der Waals surface area contributed by atoms with Crippen LogP contribution in [0.5, 0.6) is 0 Å². The molecule has 0 heterocycles. The molecule has 0 radical (unpaired) electrons. The number of carbonyl (C=O) groups excluding carboxylic acids is 3. The number of benzene rings is 2. The zero-order valence-corrected chi connectivity index (χ0v) is 33.9. The third-order valence-electron chi connectivity index (χ3n) is 8.87. The molecule has 2 aromatic rings. The predicted molar refractivity (Wildman–Crippen MR) is 211 cm³/mol. The summed E-state index contributed by atoms with van der Waals surface area (Å²) in [5.41, 5.74) is -1.28. The minimum atomic E-state index is -3.54. The van der Waals surface area contributed by atoms with Gasteiger partial charge in [0.25, 0.3) is 5.60 Å². The van der Waals surface area contributed by atoms with Gasteiger partial charge in [0.05, 0.1) is 11.8 Å². The SMILES string of the molecule is CCCCCCCCCCCCC(=O)NC(COC(=O)OC(C(=O)OC1C[CH-]CC[CH-]C1)(c1ccccc1)c1ccccc1)CS(C)(=O)=O.[CH2-]CC[CH2-].[Li+]. The van der Waals surface area contributed by atoms with E-state index in [1.54, 1.807) is 60.7 Å². The maximum atomic E-state index is 14.2. The maximum Gasteiger partial charge on any atom is 1.00 e. The van der Waals surface area contributed by atoms with Crippen LogP contribution in [0, 0.1) is 26.7 Å². The number of rotatable bonds is 22. The van der Waals surface area contributed by atoms with Crippen LogP contribution in [0.3, 0.4) is 0 Å². The van der Waals surface area contributed by atoms with Crippen LogP contribution < -0.4 is 24.2 Å². The van der Waals surface area contributed by atoms with Crippen LogP contribution in [0.1, 0.15) is 127 Å². The molecule has 0 spiro atoms. The van der Waals surface area contributed by atoms with Crippen molar-refractivity contribution in [2.75, 3.05) is 18.6 Å². The number of sulfone groups is 1. The molecule has 1 saturated carbocycles. The molecule has 1 aliphatic rings. The van der Waals surface area contributed by atoms with E-state index >= 15 is 0 Å². The summed E-state index contributed by atoms with van der Waals surface area (Å²) in [6, 6.07) is 16.2. The number of amides is 1. The molecule has 1 aliphatic carbocycles. The topological polar surface area (TPSA) is 125 Å². The Kier molecular flexibility index (Phi) is 26.1. The van der Waals surface area contributed by atoms with Gasteiger partial charge in [-0.15, -0.1) is 12.8 Å². The average molecular weight is 761 g/mol. The van der Waals surface area contributed by atoms with Crippen LogP contribution in [0.15, 0.2) is 60.7 Å². The predicted octanol–water partition coefficient (Wildman–Crippen LogP) is 6.26. The quantitative estimate of drug-likeness (QED) is 0.0491. The molecule has 1 fully saturated rings. The second kappa shape index (κ2) is 28.6.